The van der Waals surface area contributed by atoms with Gasteiger partial charge in [0.2, 0.25) is 11.7 Å². The van der Waals surface area contributed by atoms with Crippen molar-refractivity contribution in [3.63, 3.8) is 0 Å². The van der Waals surface area contributed by atoms with Crippen LogP contribution >= 0.6 is 0 Å². The average Bonchev–Trinajstić information content (AvgIpc) is 2.32. The van der Waals surface area contributed by atoms with Crippen LogP contribution < -0.4 is 4.90 Å². The van der Waals surface area contributed by atoms with Crippen molar-refractivity contribution >= 4 is 23.2 Å². The van der Waals surface area contributed by atoms with Gasteiger partial charge in [0.05, 0.1) is 0 Å². The Morgan fingerprint density at radius 2 is 1.94 bits per heavy atom. The molecule has 0 saturated carbocycles. The largest absolute Gasteiger partial charge is 0.315 e. The van der Waals surface area contributed by atoms with Crippen LogP contribution in [0.5, 0.6) is 0 Å². The summed E-state index contributed by atoms with van der Waals surface area (Å²) in [4.78, 5) is 35.6. The monoisotopic (exact) mass is 231 g/mol. The highest BCUT2D eigenvalue weighted by molar-refractivity contribution is 6.42. The Bertz CT molecular complexity index is 519. The predicted octanol–water partition coefficient (Wildman–Crippen LogP) is 1.37. The number of rotatable bonds is 2. The smallest absolute Gasteiger partial charge is 0.228 e. The predicted molar refractivity (Wildman–Crippen MR) is 63.2 cm³/mol. The Balaban J connectivity index is 2.42. The lowest BCUT2D eigenvalue weighted by molar-refractivity contribution is -0.118. The molecular formula is C13H13NO3. The first-order valence-electron chi connectivity index (χ1n) is 5.45. The minimum atomic E-state index is -0.479. The quantitative estimate of drug-likeness (QED) is 0.570. The maximum Gasteiger partial charge on any atom is 0.228 e. The second-order valence-electron chi connectivity index (χ2n) is 4.18. The van der Waals surface area contributed by atoms with E-state index < -0.39 is 11.6 Å². The molecule has 4 heteroatoms. The number of aryl methyl sites for hydroxylation is 1. The zero-order valence-electron chi connectivity index (χ0n) is 9.82. The lowest BCUT2D eigenvalue weighted by Crippen LogP contribution is -2.31. The fourth-order valence-corrected chi connectivity index (χ4v) is 2.00. The molecule has 0 bridgehead atoms. The first kappa shape index (κ1) is 11.5. The van der Waals surface area contributed by atoms with E-state index in [1.807, 2.05) is 0 Å². The van der Waals surface area contributed by atoms with E-state index in [4.69, 9.17) is 0 Å². The van der Waals surface area contributed by atoms with Crippen molar-refractivity contribution in [3.05, 3.63) is 29.3 Å². The number of carbonyl (C=O) groups is 3. The van der Waals surface area contributed by atoms with E-state index in [0.29, 0.717) is 18.4 Å². The third-order valence-corrected chi connectivity index (χ3v) is 3.01. The Kier molecular flexibility index (Phi) is 2.79. The van der Waals surface area contributed by atoms with E-state index in [1.165, 1.54) is 6.92 Å². The highest BCUT2D eigenvalue weighted by Gasteiger charge is 2.22. The van der Waals surface area contributed by atoms with Crippen molar-refractivity contribution in [2.24, 2.45) is 0 Å². The Labute approximate surface area is 99.2 Å². The molecule has 0 unspecified atom stereocenters. The topological polar surface area (TPSA) is 54.5 Å². The van der Waals surface area contributed by atoms with Gasteiger partial charge in [-0.3, -0.25) is 14.4 Å². The van der Waals surface area contributed by atoms with Crippen molar-refractivity contribution < 1.29 is 14.4 Å². The minimum Gasteiger partial charge on any atom is -0.315 e. The van der Waals surface area contributed by atoms with Gasteiger partial charge in [-0.1, -0.05) is 0 Å². The summed E-state index contributed by atoms with van der Waals surface area (Å²) >= 11 is 0. The minimum absolute atomic E-state index is 0.0724. The maximum atomic E-state index is 11.5. The summed E-state index contributed by atoms with van der Waals surface area (Å²) in [5, 5.41) is 0. The van der Waals surface area contributed by atoms with Gasteiger partial charge in [0, 0.05) is 31.6 Å². The summed E-state index contributed by atoms with van der Waals surface area (Å²) in [6.07, 6.45) is 1.07. The molecular weight excluding hydrogens is 218 g/mol. The third-order valence-electron chi connectivity index (χ3n) is 3.01. The fourth-order valence-electron chi connectivity index (χ4n) is 2.00. The molecule has 0 atom stereocenters. The van der Waals surface area contributed by atoms with Gasteiger partial charge in [0.15, 0.2) is 5.78 Å². The molecule has 2 rings (SSSR count). The lowest BCUT2D eigenvalue weighted by Gasteiger charge is -2.25. The van der Waals surface area contributed by atoms with E-state index >= 15 is 0 Å². The standard InChI is InChI=1S/C13H13NO3/c1-8(15)13(17)10-3-5-11-9(7-10)4-6-12(16)14(11)2/h3,5,7H,4,6H2,1-2H3. The van der Waals surface area contributed by atoms with Gasteiger partial charge in [-0.25, -0.2) is 0 Å². The van der Waals surface area contributed by atoms with Gasteiger partial charge in [0.25, 0.3) is 0 Å². The number of Topliss-reactive ketones (excluding diaryl/α,β-unsaturated/α-hetero) is 2. The molecule has 1 aromatic carbocycles. The lowest BCUT2D eigenvalue weighted by atomic mass is 9.97. The Morgan fingerprint density at radius 3 is 2.59 bits per heavy atom. The maximum absolute atomic E-state index is 11.5. The van der Waals surface area contributed by atoms with Gasteiger partial charge >= 0.3 is 0 Å². The Morgan fingerprint density at radius 1 is 1.24 bits per heavy atom. The molecule has 0 saturated heterocycles. The summed E-state index contributed by atoms with van der Waals surface area (Å²) < 4.78 is 0. The van der Waals surface area contributed by atoms with E-state index in [0.717, 1.165) is 11.3 Å². The molecule has 0 spiro atoms. The second-order valence-corrected chi connectivity index (χ2v) is 4.18. The molecule has 0 fully saturated rings. The van der Waals surface area contributed by atoms with Crippen molar-refractivity contribution in [2.75, 3.05) is 11.9 Å². The number of carbonyl (C=O) groups excluding carboxylic acids is 3. The SMILES string of the molecule is CC(=O)C(=O)c1ccc2c(c1)CCC(=O)N2C. The molecule has 1 aliphatic rings. The highest BCUT2D eigenvalue weighted by Crippen LogP contribution is 2.27. The van der Waals surface area contributed by atoms with Gasteiger partial charge in [0.1, 0.15) is 0 Å². The second kappa shape index (κ2) is 4.13. The first-order valence-corrected chi connectivity index (χ1v) is 5.45. The summed E-state index contributed by atoms with van der Waals surface area (Å²) in [5.41, 5.74) is 2.17. The van der Waals surface area contributed by atoms with Crippen LogP contribution in [0.4, 0.5) is 5.69 Å². The van der Waals surface area contributed by atoms with E-state index in [-0.39, 0.29) is 5.91 Å². The summed E-state index contributed by atoms with van der Waals surface area (Å²) in [7, 11) is 1.72. The van der Waals surface area contributed by atoms with Crippen LogP contribution in [0.1, 0.15) is 29.3 Å². The summed E-state index contributed by atoms with van der Waals surface area (Å²) in [6.45, 7) is 1.26. The molecule has 88 valence electrons. The highest BCUT2D eigenvalue weighted by atomic mass is 16.2. The summed E-state index contributed by atoms with van der Waals surface area (Å²) in [5.74, 6) is -0.874. The zero-order valence-corrected chi connectivity index (χ0v) is 9.82. The van der Waals surface area contributed by atoms with Crippen LogP contribution in [0, 0.1) is 0 Å². The number of ketones is 2. The van der Waals surface area contributed by atoms with Crippen LogP contribution in [0.25, 0.3) is 0 Å². The van der Waals surface area contributed by atoms with Crippen molar-refractivity contribution in [1.82, 2.24) is 0 Å². The van der Waals surface area contributed by atoms with Crippen LogP contribution in [0.3, 0.4) is 0 Å². The molecule has 0 aromatic heterocycles. The van der Waals surface area contributed by atoms with Gasteiger partial charge in [-0.05, 0) is 30.2 Å². The third kappa shape index (κ3) is 1.98. The fraction of sp³-hybridized carbons (Fsp3) is 0.308. The van der Waals surface area contributed by atoms with Gasteiger partial charge < -0.3 is 4.90 Å². The number of hydrogen-bond donors (Lipinski definition) is 0. The number of fused-ring (bicyclic) bond motifs is 1. The molecule has 0 radical (unpaired) electrons. The van der Waals surface area contributed by atoms with Crippen LogP contribution in [0.15, 0.2) is 18.2 Å². The summed E-state index contributed by atoms with van der Waals surface area (Å²) in [6, 6.07) is 5.03. The number of benzene rings is 1. The van der Waals surface area contributed by atoms with E-state index in [1.54, 1.807) is 30.1 Å². The normalized spacial score (nSPS) is 14.5. The van der Waals surface area contributed by atoms with Crippen LogP contribution in [-0.2, 0) is 16.0 Å². The van der Waals surface area contributed by atoms with E-state index in [2.05, 4.69) is 0 Å². The molecule has 17 heavy (non-hydrogen) atoms. The van der Waals surface area contributed by atoms with Gasteiger partial charge in [-0.15, -0.1) is 0 Å². The molecule has 1 amide bonds. The van der Waals surface area contributed by atoms with Gasteiger partial charge in [-0.2, -0.15) is 0 Å². The number of amides is 1. The first-order chi connectivity index (χ1) is 8.00. The number of anilines is 1. The van der Waals surface area contributed by atoms with E-state index in [9.17, 15) is 14.4 Å². The molecule has 0 aliphatic carbocycles. The molecule has 0 N–H and O–H groups in total. The Hall–Kier alpha value is -1.97. The van der Waals surface area contributed by atoms with Crippen LogP contribution in [0.2, 0.25) is 0 Å². The molecule has 1 heterocycles. The molecule has 4 nitrogen and oxygen atoms in total. The molecule has 1 aliphatic heterocycles. The van der Waals surface area contributed by atoms with Crippen molar-refractivity contribution in [3.8, 4) is 0 Å². The zero-order chi connectivity index (χ0) is 12.6. The average molecular weight is 231 g/mol. The number of nitrogens with zero attached hydrogens (tertiary/aromatic N) is 1. The van der Waals surface area contributed by atoms with Crippen LogP contribution in [-0.4, -0.2) is 24.5 Å². The number of hydrogen-bond acceptors (Lipinski definition) is 3. The molecule has 1 aromatic rings. The van der Waals surface area contributed by atoms with Crippen molar-refractivity contribution in [2.45, 2.75) is 19.8 Å². The van der Waals surface area contributed by atoms with Crippen molar-refractivity contribution in [1.29, 1.82) is 0 Å².